The minimum atomic E-state index is 0.0655. The van der Waals surface area contributed by atoms with E-state index < -0.39 is 0 Å². The van der Waals surface area contributed by atoms with Crippen LogP contribution in [0.5, 0.6) is 0 Å². The number of Topliss-reactive ketones (excluding diaryl/α,β-unsaturated/α-hetero) is 1. The van der Waals surface area contributed by atoms with Gasteiger partial charge in [-0.3, -0.25) is 9.69 Å². The Morgan fingerprint density at radius 2 is 0.972 bits per heavy atom. The molecular formula is C32H45N3O. The molecule has 36 heavy (non-hydrogen) atoms. The van der Waals surface area contributed by atoms with E-state index in [-0.39, 0.29) is 17.9 Å². The summed E-state index contributed by atoms with van der Waals surface area (Å²) in [6.45, 7) is 16.6. The van der Waals surface area contributed by atoms with Crippen LogP contribution in [0.15, 0.2) is 71.8 Å². The van der Waals surface area contributed by atoms with Crippen LogP contribution in [0, 0.1) is 0 Å². The highest BCUT2D eigenvalue weighted by molar-refractivity contribution is 6.18. The average molecular weight is 488 g/mol. The summed E-state index contributed by atoms with van der Waals surface area (Å²) in [5.74, 6) is 0.211. The van der Waals surface area contributed by atoms with Crippen LogP contribution in [0.4, 0.5) is 0 Å². The van der Waals surface area contributed by atoms with Gasteiger partial charge in [-0.1, -0.05) is 74.5 Å². The van der Waals surface area contributed by atoms with E-state index in [1.54, 1.807) is 0 Å². The first-order chi connectivity index (χ1) is 17.5. The maximum absolute atomic E-state index is 14.9. The minimum Gasteiger partial charge on any atom is -0.371 e. The summed E-state index contributed by atoms with van der Waals surface area (Å²) in [7, 11) is 2.21. The number of benzene rings is 2. The molecule has 2 aromatic carbocycles. The molecular weight excluding hydrogens is 442 g/mol. The second-order valence-corrected chi connectivity index (χ2v) is 9.44. The molecule has 0 amide bonds. The molecule has 0 spiro atoms. The molecule has 1 saturated heterocycles. The highest BCUT2D eigenvalue weighted by Crippen LogP contribution is 2.40. The summed E-state index contributed by atoms with van der Waals surface area (Å²) in [5, 5.41) is 0. The Morgan fingerprint density at radius 3 is 1.25 bits per heavy atom. The second-order valence-electron chi connectivity index (χ2n) is 9.44. The van der Waals surface area contributed by atoms with E-state index in [1.807, 2.05) is 12.1 Å². The van der Waals surface area contributed by atoms with E-state index in [0.29, 0.717) is 0 Å². The lowest BCUT2D eigenvalue weighted by molar-refractivity contribution is -0.115. The van der Waals surface area contributed by atoms with Crippen LogP contribution in [0.1, 0.15) is 65.5 Å². The Morgan fingerprint density at radius 1 is 0.639 bits per heavy atom. The Labute approximate surface area is 219 Å². The van der Waals surface area contributed by atoms with E-state index in [1.165, 1.54) is 0 Å². The Balaban J connectivity index is 2.45. The third-order valence-electron chi connectivity index (χ3n) is 7.68. The van der Waals surface area contributed by atoms with Gasteiger partial charge in [0.2, 0.25) is 0 Å². The normalized spacial score (nSPS) is 21.4. The number of hydrogen-bond donors (Lipinski definition) is 0. The molecule has 0 bridgehead atoms. The van der Waals surface area contributed by atoms with Crippen LogP contribution in [0.25, 0.3) is 11.4 Å². The Bertz CT molecular complexity index is 966. The van der Waals surface area contributed by atoms with Crippen molar-refractivity contribution in [2.75, 3.05) is 33.2 Å². The SMILES string of the molecule is CCC1C(=C(c2ccccc2)N(CC)CC)C(=O)C(=C(c2ccccc2)N(CC)CC)C(CC)N1C. The molecule has 0 N–H and O–H groups in total. The summed E-state index contributed by atoms with van der Waals surface area (Å²) >= 11 is 0. The number of hydrogen-bond acceptors (Lipinski definition) is 4. The summed E-state index contributed by atoms with van der Waals surface area (Å²) in [6, 6.07) is 21.1. The van der Waals surface area contributed by atoms with E-state index in [4.69, 9.17) is 0 Å². The number of likely N-dealkylation sites (N-methyl/N-ethyl adjacent to an activating group) is 1. The van der Waals surface area contributed by atoms with Gasteiger partial charge in [-0.2, -0.15) is 0 Å². The smallest absolute Gasteiger partial charge is 0.192 e. The maximum atomic E-state index is 14.9. The highest BCUT2D eigenvalue weighted by Gasteiger charge is 2.43. The number of likely N-dealkylation sites (tertiary alicyclic amines) is 1. The van der Waals surface area contributed by atoms with Gasteiger partial charge in [0, 0.05) is 49.4 Å². The van der Waals surface area contributed by atoms with E-state index in [2.05, 4.69) is 112 Å². The summed E-state index contributed by atoms with van der Waals surface area (Å²) < 4.78 is 0. The molecule has 0 aliphatic carbocycles. The lowest BCUT2D eigenvalue weighted by Crippen LogP contribution is -2.52. The number of rotatable bonds is 10. The lowest BCUT2D eigenvalue weighted by Gasteiger charge is -2.45. The van der Waals surface area contributed by atoms with Crippen LogP contribution in [0.3, 0.4) is 0 Å². The molecule has 2 atom stereocenters. The van der Waals surface area contributed by atoms with Crippen molar-refractivity contribution in [2.45, 2.75) is 66.5 Å². The first-order valence-electron chi connectivity index (χ1n) is 13.8. The largest absolute Gasteiger partial charge is 0.371 e. The molecule has 194 valence electrons. The van der Waals surface area contributed by atoms with Crippen molar-refractivity contribution in [2.24, 2.45) is 0 Å². The summed E-state index contributed by atoms with van der Waals surface area (Å²) in [4.78, 5) is 22.1. The maximum Gasteiger partial charge on any atom is 0.192 e. The quantitative estimate of drug-likeness (QED) is 0.354. The molecule has 4 nitrogen and oxygen atoms in total. The fraction of sp³-hybridized carbons (Fsp3) is 0.469. The molecule has 0 aromatic heterocycles. The predicted molar refractivity (Wildman–Crippen MR) is 153 cm³/mol. The first-order valence-corrected chi connectivity index (χ1v) is 13.8. The fourth-order valence-corrected chi connectivity index (χ4v) is 5.88. The van der Waals surface area contributed by atoms with E-state index >= 15 is 0 Å². The molecule has 2 unspecified atom stereocenters. The molecule has 3 rings (SSSR count). The number of ketones is 1. The van der Waals surface area contributed by atoms with Gasteiger partial charge in [0.05, 0.1) is 11.4 Å². The van der Waals surface area contributed by atoms with Crippen molar-refractivity contribution in [3.63, 3.8) is 0 Å². The molecule has 0 saturated carbocycles. The Hall–Kier alpha value is -2.85. The van der Waals surface area contributed by atoms with Crippen molar-refractivity contribution in [3.05, 3.63) is 82.9 Å². The van der Waals surface area contributed by atoms with Crippen LogP contribution in [0.2, 0.25) is 0 Å². The zero-order valence-electron chi connectivity index (χ0n) is 23.4. The van der Waals surface area contributed by atoms with E-state index in [9.17, 15) is 4.79 Å². The van der Waals surface area contributed by atoms with Gasteiger partial charge in [-0.05, 0) is 58.7 Å². The summed E-state index contributed by atoms with van der Waals surface area (Å²) in [5.41, 5.74) is 6.29. The molecule has 1 aliphatic rings. The van der Waals surface area contributed by atoms with Crippen molar-refractivity contribution >= 4 is 17.2 Å². The van der Waals surface area contributed by atoms with Crippen LogP contribution < -0.4 is 0 Å². The average Bonchev–Trinajstić information content (AvgIpc) is 2.92. The first kappa shape index (κ1) is 27.7. The number of carbonyl (C=O) groups is 1. The molecule has 4 heteroatoms. The van der Waals surface area contributed by atoms with Crippen molar-refractivity contribution in [3.8, 4) is 0 Å². The molecule has 0 radical (unpaired) electrons. The van der Waals surface area contributed by atoms with Gasteiger partial charge in [0.15, 0.2) is 5.78 Å². The predicted octanol–water partition coefficient (Wildman–Crippen LogP) is 6.56. The second kappa shape index (κ2) is 12.9. The van der Waals surface area contributed by atoms with Gasteiger partial charge >= 0.3 is 0 Å². The lowest BCUT2D eigenvalue weighted by atomic mass is 9.79. The fourth-order valence-electron chi connectivity index (χ4n) is 5.88. The van der Waals surface area contributed by atoms with Gasteiger partial charge in [-0.25, -0.2) is 0 Å². The van der Waals surface area contributed by atoms with Crippen molar-refractivity contribution in [1.82, 2.24) is 14.7 Å². The number of nitrogens with zero attached hydrogens (tertiary/aromatic N) is 3. The topological polar surface area (TPSA) is 26.8 Å². The Kier molecular flexibility index (Phi) is 9.95. The van der Waals surface area contributed by atoms with Gasteiger partial charge in [0.25, 0.3) is 0 Å². The van der Waals surface area contributed by atoms with Gasteiger partial charge in [0.1, 0.15) is 0 Å². The standard InChI is InChI=1S/C32H45N3O/c1-8-26-28(30(34(10-3)11-4)24-20-16-14-17-21-24)32(36)29(27(9-2)33(26)7)31(35(12-5)13-6)25-22-18-15-19-23-25/h14-23,26-27H,8-13H2,1-7H3. The van der Waals surface area contributed by atoms with Gasteiger partial charge < -0.3 is 9.80 Å². The van der Waals surface area contributed by atoms with Gasteiger partial charge in [-0.15, -0.1) is 0 Å². The molecule has 1 aliphatic heterocycles. The molecule has 1 fully saturated rings. The zero-order valence-corrected chi connectivity index (χ0v) is 23.4. The number of piperidine rings is 1. The van der Waals surface area contributed by atoms with Crippen molar-refractivity contribution < 1.29 is 4.79 Å². The summed E-state index contributed by atoms with van der Waals surface area (Å²) in [6.07, 6.45) is 1.79. The molecule has 2 aromatic rings. The zero-order chi connectivity index (χ0) is 26.2. The minimum absolute atomic E-state index is 0.0655. The third-order valence-corrected chi connectivity index (χ3v) is 7.68. The van der Waals surface area contributed by atoms with Crippen LogP contribution in [-0.2, 0) is 4.79 Å². The van der Waals surface area contributed by atoms with Crippen LogP contribution in [-0.4, -0.2) is 65.8 Å². The monoisotopic (exact) mass is 487 g/mol. The number of carbonyl (C=O) groups excluding carboxylic acids is 1. The van der Waals surface area contributed by atoms with Crippen molar-refractivity contribution in [1.29, 1.82) is 0 Å². The highest BCUT2D eigenvalue weighted by atomic mass is 16.1. The van der Waals surface area contributed by atoms with E-state index in [0.717, 1.165) is 72.7 Å². The third kappa shape index (κ3) is 5.29. The van der Waals surface area contributed by atoms with Crippen LogP contribution >= 0.6 is 0 Å². The molecule has 1 heterocycles.